The quantitative estimate of drug-likeness (QED) is 0.514. The summed E-state index contributed by atoms with van der Waals surface area (Å²) in [7, 11) is 4.71. The molecule has 1 aromatic heterocycles. The number of methoxy groups -OCH3 is 3. The fourth-order valence-corrected chi connectivity index (χ4v) is 3.42. The molecule has 0 saturated carbocycles. The molecule has 0 saturated heterocycles. The molecule has 0 aliphatic heterocycles. The lowest BCUT2D eigenvalue weighted by molar-refractivity contribution is 0.297. The zero-order chi connectivity index (χ0) is 21.0. The van der Waals surface area contributed by atoms with Crippen LogP contribution in [-0.2, 0) is 13.0 Å². The molecule has 0 bridgehead atoms. The molecular weight excluding hydrogens is 372 g/mol. The lowest BCUT2D eigenvalue weighted by Crippen LogP contribution is -2.04. The second kappa shape index (κ2) is 8.90. The van der Waals surface area contributed by atoms with Gasteiger partial charge in [-0.05, 0) is 48.7 Å². The van der Waals surface area contributed by atoms with Crippen molar-refractivity contribution in [2.24, 2.45) is 0 Å². The van der Waals surface area contributed by atoms with E-state index in [4.69, 9.17) is 23.4 Å². The number of aryl methyl sites for hydroxylation is 2. The van der Waals surface area contributed by atoms with Gasteiger partial charge in [-0.15, -0.1) is 0 Å². The van der Waals surface area contributed by atoms with E-state index in [2.05, 4.69) is 6.92 Å². The third kappa shape index (κ3) is 4.16. The Labute approximate surface area is 170 Å². The molecule has 0 spiro atoms. The number of hydrogen-bond donors (Lipinski definition) is 0. The summed E-state index contributed by atoms with van der Waals surface area (Å²) in [6.45, 7) is 4.27. The Bertz CT molecular complexity index is 1040. The summed E-state index contributed by atoms with van der Waals surface area (Å²) in [5, 5.41) is 0.948. The first-order chi connectivity index (χ1) is 14.0. The molecule has 6 heteroatoms. The van der Waals surface area contributed by atoms with Gasteiger partial charge in [0.15, 0.2) is 11.5 Å². The highest BCUT2D eigenvalue weighted by atomic mass is 16.5. The Morgan fingerprint density at radius 2 is 1.62 bits per heavy atom. The maximum absolute atomic E-state index is 12.0. The van der Waals surface area contributed by atoms with Crippen LogP contribution in [0.2, 0.25) is 0 Å². The number of rotatable bonds is 8. The fraction of sp³-hybridized carbons (Fsp3) is 0.348. The molecule has 0 aliphatic carbocycles. The van der Waals surface area contributed by atoms with Gasteiger partial charge in [0, 0.05) is 17.0 Å². The van der Waals surface area contributed by atoms with Crippen LogP contribution in [0.1, 0.15) is 30.0 Å². The van der Waals surface area contributed by atoms with Crippen molar-refractivity contribution in [3.05, 3.63) is 57.4 Å². The SMILES string of the molecule is CCCc1cc(=O)oc2c(C)c(OCc3cc(OC)c(OC)c(OC)c3)ccc12. The number of ether oxygens (including phenoxy) is 4. The second-order valence-corrected chi connectivity index (χ2v) is 6.73. The van der Waals surface area contributed by atoms with Gasteiger partial charge >= 0.3 is 5.63 Å². The van der Waals surface area contributed by atoms with Gasteiger partial charge in [0.25, 0.3) is 0 Å². The zero-order valence-electron chi connectivity index (χ0n) is 17.5. The Kier molecular flexibility index (Phi) is 6.32. The highest BCUT2D eigenvalue weighted by Crippen LogP contribution is 2.38. The van der Waals surface area contributed by atoms with Crippen LogP contribution >= 0.6 is 0 Å². The Morgan fingerprint density at radius 3 is 2.21 bits per heavy atom. The van der Waals surface area contributed by atoms with Gasteiger partial charge < -0.3 is 23.4 Å². The smallest absolute Gasteiger partial charge is 0.336 e. The summed E-state index contributed by atoms with van der Waals surface area (Å²) >= 11 is 0. The molecule has 154 valence electrons. The van der Waals surface area contributed by atoms with Gasteiger partial charge in [-0.3, -0.25) is 0 Å². The van der Waals surface area contributed by atoms with E-state index >= 15 is 0 Å². The maximum atomic E-state index is 12.0. The molecule has 3 aromatic rings. The summed E-state index contributed by atoms with van der Waals surface area (Å²) in [6.07, 6.45) is 1.78. The zero-order valence-corrected chi connectivity index (χ0v) is 17.5. The van der Waals surface area contributed by atoms with Gasteiger partial charge in [0.05, 0.1) is 21.3 Å². The lowest BCUT2D eigenvalue weighted by atomic mass is 10.0. The minimum atomic E-state index is -0.342. The van der Waals surface area contributed by atoms with E-state index < -0.39 is 0 Å². The van der Waals surface area contributed by atoms with Gasteiger partial charge in [-0.2, -0.15) is 0 Å². The average molecular weight is 398 g/mol. The molecule has 0 radical (unpaired) electrons. The van der Waals surface area contributed by atoms with Crippen molar-refractivity contribution < 1.29 is 23.4 Å². The highest BCUT2D eigenvalue weighted by molar-refractivity contribution is 5.85. The van der Waals surface area contributed by atoms with Crippen LogP contribution in [0.5, 0.6) is 23.0 Å². The third-order valence-corrected chi connectivity index (χ3v) is 4.84. The normalized spacial score (nSPS) is 10.8. The van der Waals surface area contributed by atoms with Crippen LogP contribution in [-0.4, -0.2) is 21.3 Å². The Hall–Kier alpha value is -3.15. The summed E-state index contributed by atoms with van der Waals surface area (Å²) < 4.78 is 27.6. The molecule has 0 unspecified atom stereocenters. The van der Waals surface area contributed by atoms with Crippen LogP contribution in [0.25, 0.3) is 11.0 Å². The first-order valence-electron chi connectivity index (χ1n) is 9.50. The summed E-state index contributed by atoms with van der Waals surface area (Å²) in [5.41, 5.74) is 2.89. The lowest BCUT2D eigenvalue weighted by Gasteiger charge is -2.15. The molecule has 3 rings (SSSR count). The highest BCUT2D eigenvalue weighted by Gasteiger charge is 2.15. The summed E-state index contributed by atoms with van der Waals surface area (Å²) in [6, 6.07) is 9.12. The van der Waals surface area contributed by atoms with Crippen molar-refractivity contribution in [1.29, 1.82) is 0 Å². The largest absolute Gasteiger partial charge is 0.493 e. The Balaban J connectivity index is 1.93. The van der Waals surface area contributed by atoms with Crippen molar-refractivity contribution in [1.82, 2.24) is 0 Å². The number of hydrogen-bond acceptors (Lipinski definition) is 6. The van der Waals surface area contributed by atoms with Crippen molar-refractivity contribution in [3.63, 3.8) is 0 Å². The topological polar surface area (TPSA) is 67.1 Å². The van der Waals surface area contributed by atoms with E-state index in [-0.39, 0.29) is 5.63 Å². The van der Waals surface area contributed by atoms with Crippen molar-refractivity contribution >= 4 is 11.0 Å². The Morgan fingerprint density at radius 1 is 0.931 bits per heavy atom. The fourth-order valence-electron chi connectivity index (χ4n) is 3.42. The predicted octanol–water partition coefficient (Wildman–Crippen LogP) is 4.66. The minimum absolute atomic E-state index is 0.294. The molecule has 29 heavy (non-hydrogen) atoms. The van der Waals surface area contributed by atoms with Gasteiger partial charge in [-0.1, -0.05) is 13.3 Å². The van der Waals surface area contributed by atoms with E-state index in [1.54, 1.807) is 27.4 Å². The first-order valence-corrected chi connectivity index (χ1v) is 9.50. The predicted molar refractivity (Wildman–Crippen MR) is 112 cm³/mol. The van der Waals surface area contributed by atoms with Crippen LogP contribution < -0.4 is 24.6 Å². The van der Waals surface area contributed by atoms with Gasteiger partial charge in [-0.25, -0.2) is 4.79 Å². The first kappa shape index (κ1) is 20.6. The summed E-state index contributed by atoms with van der Waals surface area (Å²) in [5.74, 6) is 2.32. The minimum Gasteiger partial charge on any atom is -0.493 e. The monoisotopic (exact) mass is 398 g/mol. The molecule has 0 amide bonds. The van der Waals surface area contributed by atoms with Crippen molar-refractivity contribution in [2.45, 2.75) is 33.3 Å². The average Bonchev–Trinajstić information content (AvgIpc) is 2.73. The van der Waals surface area contributed by atoms with Gasteiger partial charge in [0.1, 0.15) is 17.9 Å². The molecule has 2 aromatic carbocycles. The van der Waals surface area contributed by atoms with Gasteiger partial charge in [0.2, 0.25) is 5.75 Å². The molecule has 0 aliphatic rings. The van der Waals surface area contributed by atoms with Crippen LogP contribution in [0.15, 0.2) is 39.5 Å². The van der Waals surface area contributed by atoms with E-state index in [9.17, 15) is 4.79 Å². The molecule has 0 N–H and O–H groups in total. The van der Waals surface area contributed by atoms with E-state index in [0.29, 0.717) is 35.2 Å². The standard InChI is InChI=1S/C23H26O6/c1-6-7-16-12-21(24)29-22-14(2)18(9-8-17(16)22)28-13-15-10-19(25-3)23(27-5)20(11-15)26-4/h8-12H,6-7,13H2,1-5H3. The van der Waals surface area contributed by atoms with Crippen molar-refractivity contribution in [2.75, 3.05) is 21.3 Å². The molecule has 0 atom stereocenters. The molecular formula is C23H26O6. The van der Waals surface area contributed by atoms with E-state index in [1.165, 1.54) is 0 Å². The van der Waals surface area contributed by atoms with E-state index in [0.717, 1.165) is 34.9 Å². The number of fused-ring (bicyclic) bond motifs is 1. The summed E-state index contributed by atoms with van der Waals surface area (Å²) in [4.78, 5) is 12.0. The maximum Gasteiger partial charge on any atom is 0.336 e. The van der Waals surface area contributed by atoms with Crippen LogP contribution in [0.4, 0.5) is 0 Å². The van der Waals surface area contributed by atoms with E-state index in [1.807, 2.05) is 31.2 Å². The van der Waals surface area contributed by atoms with Crippen molar-refractivity contribution in [3.8, 4) is 23.0 Å². The van der Waals surface area contributed by atoms with Crippen LogP contribution in [0, 0.1) is 6.92 Å². The third-order valence-electron chi connectivity index (χ3n) is 4.84. The molecule has 1 heterocycles. The van der Waals surface area contributed by atoms with Crippen LogP contribution in [0.3, 0.4) is 0 Å². The second-order valence-electron chi connectivity index (χ2n) is 6.73. The molecule has 0 fully saturated rings. The number of benzene rings is 2. The molecule has 6 nitrogen and oxygen atoms in total.